The van der Waals surface area contributed by atoms with Crippen LogP contribution in [0.1, 0.15) is 13.8 Å². The standard InChI is InChI=1S/C5H13OPS/c1-4-6-7(5-2)8-3/h4-5H2,1-3H3. The van der Waals surface area contributed by atoms with Crippen molar-refractivity contribution in [2.24, 2.45) is 0 Å². The summed E-state index contributed by atoms with van der Waals surface area (Å²) in [4.78, 5) is 0. The highest BCUT2D eigenvalue weighted by molar-refractivity contribution is 8.53. The van der Waals surface area contributed by atoms with Gasteiger partial charge < -0.3 is 4.52 Å². The minimum absolute atomic E-state index is 0.140. The van der Waals surface area contributed by atoms with Crippen LogP contribution in [0.25, 0.3) is 0 Å². The molecule has 0 fully saturated rings. The first-order valence-corrected chi connectivity index (χ1v) is 6.07. The molecule has 0 aromatic rings. The molecule has 0 aliphatic rings. The molecule has 0 rings (SSSR count). The van der Waals surface area contributed by atoms with E-state index in [4.69, 9.17) is 4.52 Å². The Bertz CT molecular complexity index is 47.7. The number of hydrogen-bond acceptors (Lipinski definition) is 2. The van der Waals surface area contributed by atoms with E-state index in [1.54, 1.807) is 0 Å². The molecule has 0 aromatic heterocycles. The smallest absolute Gasteiger partial charge is 0.0881 e. The maximum absolute atomic E-state index is 5.37. The molecule has 0 amide bonds. The summed E-state index contributed by atoms with van der Waals surface area (Å²) in [6.07, 6.45) is 3.27. The van der Waals surface area contributed by atoms with E-state index in [0.717, 1.165) is 6.61 Å². The fraction of sp³-hybridized carbons (Fsp3) is 1.00. The first-order chi connectivity index (χ1) is 3.85. The lowest BCUT2D eigenvalue weighted by molar-refractivity contribution is 0.387. The van der Waals surface area contributed by atoms with Crippen molar-refractivity contribution >= 4 is 18.7 Å². The van der Waals surface area contributed by atoms with Crippen LogP contribution in [0.5, 0.6) is 0 Å². The van der Waals surface area contributed by atoms with E-state index in [-0.39, 0.29) is 7.35 Å². The van der Waals surface area contributed by atoms with Crippen molar-refractivity contribution in [1.82, 2.24) is 0 Å². The largest absolute Gasteiger partial charge is 0.348 e. The van der Waals surface area contributed by atoms with E-state index in [1.165, 1.54) is 6.16 Å². The van der Waals surface area contributed by atoms with Gasteiger partial charge in [0.25, 0.3) is 0 Å². The lowest BCUT2D eigenvalue weighted by atomic mass is 10.9. The van der Waals surface area contributed by atoms with Crippen LogP contribution in [-0.2, 0) is 4.52 Å². The molecule has 0 saturated heterocycles. The fourth-order valence-corrected chi connectivity index (χ4v) is 2.66. The van der Waals surface area contributed by atoms with Crippen LogP contribution >= 0.6 is 18.7 Å². The average Bonchev–Trinajstić information content (AvgIpc) is 1.83. The van der Waals surface area contributed by atoms with E-state index in [2.05, 4.69) is 13.2 Å². The summed E-state index contributed by atoms with van der Waals surface area (Å²) in [5, 5.41) is 0. The minimum atomic E-state index is -0.140. The summed E-state index contributed by atoms with van der Waals surface area (Å²) in [7, 11) is -0.140. The molecule has 1 nitrogen and oxygen atoms in total. The molecule has 8 heavy (non-hydrogen) atoms. The number of hydrogen-bond donors (Lipinski definition) is 0. The molecule has 3 heteroatoms. The summed E-state index contributed by atoms with van der Waals surface area (Å²) in [5.74, 6) is 0. The van der Waals surface area contributed by atoms with E-state index < -0.39 is 0 Å². The highest BCUT2D eigenvalue weighted by atomic mass is 32.7. The molecule has 0 aliphatic carbocycles. The van der Waals surface area contributed by atoms with Gasteiger partial charge in [-0.3, -0.25) is 0 Å². The molecule has 0 spiro atoms. The molecule has 0 aromatic carbocycles. The third-order valence-corrected chi connectivity index (χ3v) is 4.52. The Morgan fingerprint density at radius 1 is 1.50 bits per heavy atom. The third-order valence-electron chi connectivity index (χ3n) is 0.735. The van der Waals surface area contributed by atoms with Crippen LogP contribution in [0, 0.1) is 0 Å². The number of rotatable bonds is 4. The Hall–Kier alpha value is 0.740. The molecular weight excluding hydrogens is 139 g/mol. The molecular formula is C5H13OPS. The van der Waals surface area contributed by atoms with Crippen LogP contribution in [0.2, 0.25) is 0 Å². The van der Waals surface area contributed by atoms with Gasteiger partial charge in [0.15, 0.2) is 0 Å². The van der Waals surface area contributed by atoms with Gasteiger partial charge in [0.1, 0.15) is 0 Å². The van der Waals surface area contributed by atoms with Crippen molar-refractivity contribution in [2.45, 2.75) is 13.8 Å². The predicted octanol–water partition coefficient (Wildman–Crippen LogP) is 2.72. The lowest BCUT2D eigenvalue weighted by Crippen LogP contribution is -1.81. The molecule has 0 radical (unpaired) electrons. The van der Waals surface area contributed by atoms with Gasteiger partial charge in [-0.05, 0) is 19.3 Å². The van der Waals surface area contributed by atoms with Crippen molar-refractivity contribution in [1.29, 1.82) is 0 Å². The average molecular weight is 152 g/mol. The Morgan fingerprint density at radius 3 is 2.25 bits per heavy atom. The van der Waals surface area contributed by atoms with Crippen LogP contribution in [0.15, 0.2) is 0 Å². The topological polar surface area (TPSA) is 9.23 Å². The Kier molecular flexibility index (Phi) is 6.41. The normalized spacial score (nSPS) is 13.9. The van der Waals surface area contributed by atoms with E-state index in [9.17, 15) is 0 Å². The second-order valence-corrected chi connectivity index (χ2v) is 5.49. The van der Waals surface area contributed by atoms with Gasteiger partial charge in [0.05, 0.1) is 7.35 Å². The first kappa shape index (κ1) is 8.74. The van der Waals surface area contributed by atoms with E-state index in [0.29, 0.717) is 0 Å². The van der Waals surface area contributed by atoms with Crippen molar-refractivity contribution in [2.75, 3.05) is 19.0 Å². The van der Waals surface area contributed by atoms with Crippen LogP contribution < -0.4 is 0 Å². The molecule has 0 heterocycles. The van der Waals surface area contributed by atoms with Crippen molar-refractivity contribution in [3.8, 4) is 0 Å². The maximum Gasteiger partial charge on any atom is 0.0881 e. The van der Waals surface area contributed by atoms with Crippen molar-refractivity contribution < 1.29 is 4.52 Å². The first-order valence-electron chi connectivity index (χ1n) is 2.79. The highest BCUT2D eigenvalue weighted by Crippen LogP contribution is 2.48. The van der Waals surface area contributed by atoms with Gasteiger partial charge >= 0.3 is 0 Å². The van der Waals surface area contributed by atoms with Gasteiger partial charge in [-0.15, -0.1) is 11.4 Å². The summed E-state index contributed by atoms with van der Waals surface area (Å²) in [6, 6.07) is 0. The molecule has 0 bridgehead atoms. The zero-order valence-corrected chi connectivity index (χ0v) is 7.39. The summed E-state index contributed by atoms with van der Waals surface area (Å²) in [5.41, 5.74) is 0. The van der Waals surface area contributed by atoms with E-state index >= 15 is 0 Å². The summed E-state index contributed by atoms with van der Waals surface area (Å²) in [6.45, 7) is 5.07. The zero-order chi connectivity index (χ0) is 6.41. The molecule has 0 aliphatic heterocycles. The van der Waals surface area contributed by atoms with E-state index in [1.807, 2.05) is 18.3 Å². The summed E-state index contributed by atoms with van der Waals surface area (Å²) < 4.78 is 5.37. The summed E-state index contributed by atoms with van der Waals surface area (Å²) >= 11 is 1.84. The second kappa shape index (κ2) is 5.87. The molecule has 50 valence electrons. The lowest BCUT2D eigenvalue weighted by Gasteiger charge is -2.09. The van der Waals surface area contributed by atoms with Crippen molar-refractivity contribution in [3.63, 3.8) is 0 Å². The van der Waals surface area contributed by atoms with Gasteiger partial charge in [0, 0.05) is 6.61 Å². The highest BCUT2D eigenvalue weighted by Gasteiger charge is 1.99. The molecule has 1 atom stereocenters. The molecule has 1 unspecified atom stereocenters. The van der Waals surface area contributed by atoms with Crippen LogP contribution in [0.3, 0.4) is 0 Å². The molecule has 0 N–H and O–H groups in total. The minimum Gasteiger partial charge on any atom is -0.348 e. The van der Waals surface area contributed by atoms with Gasteiger partial charge in [0.2, 0.25) is 0 Å². The van der Waals surface area contributed by atoms with Crippen LogP contribution in [0.4, 0.5) is 0 Å². The monoisotopic (exact) mass is 152 g/mol. The Labute approximate surface area is 56.8 Å². The fourth-order valence-electron chi connectivity index (χ4n) is 0.417. The Morgan fingerprint density at radius 2 is 2.12 bits per heavy atom. The van der Waals surface area contributed by atoms with Gasteiger partial charge in [-0.25, -0.2) is 0 Å². The quantitative estimate of drug-likeness (QED) is 0.573. The maximum atomic E-state index is 5.37. The van der Waals surface area contributed by atoms with Gasteiger partial charge in [-0.2, -0.15) is 0 Å². The molecule has 0 saturated carbocycles. The Balaban J connectivity index is 3.07. The van der Waals surface area contributed by atoms with Gasteiger partial charge in [-0.1, -0.05) is 6.92 Å². The predicted molar refractivity (Wildman–Crippen MR) is 42.6 cm³/mol. The third kappa shape index (κ3) is 3.71. The zero-order valence-electron chi connectivity index (χ0n) is 5.68. The second-order valence-electron chi connectivity index (χ2n) is 1.25. The van der Waals surface area contributed by atoms with Crippen LogP contribution in [-0.4, -0.2) is 19.0 Å². The SMILES string of the molecule is CCOP(CC)SC. The van der Waals surface area contributed by atoms with Crippen molar-refractivity contribution in [3.05, 3.63) is 0 Å².